The highest BCUT2D eigenvalue weighted by Gasteiger charge is 2.75. The smallest absolute Gasteiger partial charge is 0.177 e. The fourth-order valence-electron chi connectivity index (χ4n) is 7.52. The summed E-state index contributed by atoms with van der Waals surface area (Å²) in [5.41, 5.74) is 1.30. The second-order valence-corrected chi connectivity index (χ2v) is 9.96. The Kier molecular flexibility index (Phi) is 4.38. The Labute approximate surface area is 188 Å². The molecule has 168 valence electrons. The SMILES string of the molecule is CCO[C@]12Cc3ccc([18F])c4c3[C@]3(CCN1CCc1ccccc1)[C@H]2CCC(=O)[C@]3(C)O4. The van der Waals surface area contributed by atoms with Crippen molar-refractivity contribution >= 4 is 5.78 Å². The minimum Gasteiger partial charge on any atom is -0.475 e. The Morgan fingerprint density at radius 1 is 1.22 bits per heavy atom. The average Bonchev–Trinajstić information content (AvgIpc) is 3.07. The number of Topliss-reactive ketones (excluding diaryl/α,β-unsaturated/α-hetero) is 1. The standard InChI is InChI=1S/C27H30FNO3/c1-3-31-27-17-19-9-10-20(28)24-23(19)26(21(27)11-12-22(30)25(26,2)32-24)14-16-29(27)15-13-18-7-5-4-6-8-18/h4-10,21H,3,11-17H2,1-2H3/t21-,25+,26+,27+/m1/s1/i28-1. The molecule has 0 unspecified atom stereocenters. The molecule has 32 heavy (non-hydrogen) atoms. The zero-order valence-corrected chi connectivity index (χ0v) is 18.8. The first-order chi connectivity index (χ1) is 15.5. The molecular formula is C27H30FNO3. The molecule has 5 heteroatoms. The van der Waals surface area contributed by atoms with Crippen LogP contribution in [-0.4, -0.2) is 41.7 Å². The lowest BCUT2D eigenvalue weighted by Gasteiger charge is -2.65. The van der Waals surface area contributed by atoms with E-state index in [1.54, 1.807) is 0 Å². The van der Waals surface area contributed by atoms with Crippen LogP contribution in [0.5, 0.6) is 5.75 Å². The van der Waals surface area contributed by atoms with Crippen molar-refractivity contribution in [3.05, 3.63) is 65.0 Å². The summed E-state index contributed by atoms with van der Waals surface area (Å²) in [6, 6.07) is 14.0. The molecule has 0 N–H and O–H groups in total. The fourth-order valence-corrected chi connectivity index (χ4v) is 7.52. The van der Waals surface area contributed by atoms with E-state index >= 15 is 0 Å². The van der Waals surface area contributed by atoms with Gasteiger partial charge in [-0.25, -0.2) is 4.39 Å². The highest BCUT2D eigenvalue weighted by Crippen LogP contribution is 2.68. The normalized spacial score (nSPS) is 34.8. The minimum atomic E-state index is -1.02. The Morgan fingerprint density at radius 3 is 2.81 bits per heavy atom. The van der Waals surface area contributed by atoms with Gasteiger partial charge in [0.2, 0.25) is 0 Å². The lowest BCUT2D eigenvalue weighted by atomic mass is 9.46. The first-order valence-electron chi connectivity index (χ1n) is 11.9. The lowest BCUT2D eigenvalue weighted by molar-refractivity contribution is -0.253. The van der Waals surface area contributed by atoms with Gasteiger partial charge in [0.05, 0.1) is 5.41 Å². The van der Waals surface area contributed by atoms with E-state index in [4.69, 9.17) is 9.47 Å². The molecule has 2 aliphatic carbocycles. The quantitative estimate of drug-likeness (QED) is 0.698. The summed E-state index contributed by atoms with van der Waals surface area (Å²) in [5.74, 6) is 0.154. The van der Waals surface area contributed by atoms with Crippen molar-refractivity contribution in [2.75, 3.05) is 19.7 Å². The van der Waals surface area contributed by atoms with Crippen LogP contribution in [0.15, 0.2) is 42.5 Å². The van der Waals surface area contributed by atoms with Crippen molar-refractivity contribution < 1.29 is 18.7 Å². The molecule has 2 aromatic rings. The molecule has 6 rings (SSSR count). The molecule has 4 aliphatic rings. The van der Waals surface area contributed by atoms with Crippen molar-refractivity contribution in [2.24, 2.45) is 5.92 Å². The Balaban J connectivity index is 1.49. The Hall–Kier alpha value is -2.24. The molecule has 2 aromatic carbocycles. The van der Waals surface area contributed by atoms with Crippen LogP contribution in [0.2, 0.25) is 0 Å². The van der Waals surface area contributed by atoms with E-state index < -0.39 is 16.7 Å². The summed E-state index contributed by atoms with van der Waals surface area (Å²) in [6.45, 7) is 6.27. The van der Waals surface area contributed by atoms with E-state index in [0.29, 0.717) is 25.2 Å². The van der Waals surface area contributed by atoms with Gasteiger partial charge in [0.1, 0.15) is 5.72 Å². The summed E-state index contributed by atoms with van der Waals surface area (Å²) in [5, 5.41) is 0. The molecule has 0 amide bonds. The molecule has 2 bridgehead atoms. The summed E-state index contributed by atoms with van der Waals surface area (Å²) >= 11 is 0. The van der Waals surface area contributed by atoms with Crippen LogP contribution in [0.1, 0.15) is 49.8 Å². The van der Waals surface area contributed by atoms with Crippen molar-refractivity contribution in [1.82, 2.24) is 4.90 Å². The van der Waals surface area contributed by atoms with Crippen molar-refractivity contribution in [3.63, 3.8) is 0 Å². The zero-order chi connectivity index (χ0) is 22.1. The molecule has 0 radical (unpaired) electrons. The maximum atomic E-state index is 14.9. The van der Waals surface area contributed by atoms with E-state index in [1.807, 2.05) is 19.1 Å². The molecule has 2 heterocycles. The predicted molar refractivity (Wildman–Crippen MR) is 119 cm³/mol. The number of hydrogen-bond donors (Lipinski definition) is 0. The monoisotopic (exact) mass is 434 g/mol. The maximum absolute atomic E-state index is 14.9. The second-order valence-electron chi connectivity index (χ2n) is 9.96. The average molecular weight is 435 g/mol. The molecule has 4 nitrogen and oxygen atoms in total. The Bertz CT molecular complexity index is 1090. The van der Waals surface area contributed by atoms with Gasteiger partial charge in [-0.15, -0.1) is 0 Å². The summed E-state index contributed by atoms with van der Waals surface area (Å²) in [6.07, 6.45) is 3.65. The number of carbonyl (C=O) groups is 1. The van der Waals surface area contributed by atoms with Crippen LogP contribution >= 0.6 is 0 Å². The predicted octanol–water partition coefficient (Wildman–Crippen LogP) is 4.43. The molecular weight excluding hydrogens is 404 g/mol. The van der Waals surface area contributed by atoms with E-state index in [9.17, 15) is 9.18 Å². The van der Waals surface area contributed by atoms with E-state index in [0.717, 1.165) is 43.5 Å². The highest BCUT2D eigenvalue weighted by molar-refractivity contribution is 5.93. The third-order valence-corrected chi connectivity index (χ3v) is 8.79. The van der Waals surface area contributed by atoms with Gasteiger partial charge in [0.15, 0.2) is 23.0 Å². The number of hydrogen-bond acceptors (Lipinski definition) is 4. The van der Waals surface area contributed by atoms with E-state index in [1.165, 1.54) is 11.6 Å². The minimum absolute atomic E-state index is 0.0951. The topological polar surface area (TPSA) is 38.8 Å². The molecule has 2 aliphatic heterocycles. The van der Waals surface area contributed by atoms with E-state index in [2.05, 4.69) is 36.1 Å². The summed E-state index contributed by atoms with van der Waals surface area (Å²) in [4.78, 5) is 15.8. The van der Waals surface area contributed by atoms with Crippen LogP contribution in [0, 0.1) is 11.7 Å². The summed E-state index contributed by atoms with van der Waals surface area (Å²) < 4.78 is 27.9. The molecule has 1 saturated carbocycles. The number of benzene rings is 2. The van der Waals surface area contributed by atoms with Gasteiger partial charge in [-0.05, 0) is 50.3 Å². The molecule has 0 aromatic heterocycles. The maximum Gasteiger partial charge on any atom is 0.177 e. The number of likely N-dealkylation sites (tertiary alicyclic amines) is 1. The molecule has 1 spiro atoms. The van der Waals surface area contributed by atoms with Crippen LogP contribution in [0.25, 0.3) is 0 Å². The number of rotatable bonds is 5. The fraction of sp³-hybridized carbons (Fsp3) is 0.519. The Morgan fingerprint density at radius 2 is 2.03 bits per heavy atom. The van der Waals surface area contributed by atoms with Gasteiger partial charge in [-0.2, -0.15) is 0 Å². The van der Waals surface area contributed by atoms with E-state index in [-0.39, 0.29) is 17.5 Å². The van der Waals surface area contributed by atoms with Crippen LogP contribution < -0.4 is 4.74 Å². The number of ether oxygens (including phenoxy) is 2. The lowest BCUT2D eigenvalue weighted by Crippen LogP contribution is -2.76. The molecule has 1 saturated heterocycles. The number of piperidine rings is 1. The van der Waals surface area contributed by atoms with Crippen LogP contribution in [0.4, 0.5) is 4.39 Å². The number of ketones is 1. The van der Waals surface area contributed by atoms with Crippen molar-refractivity contribution in [2.45, 2.75) is 62.7 Å². The first kappa shape index (κ1) is 20.4. The largest absolute Gasteiger partial charge is 0.475 e. The van der Waals surface area contributed by atoms with Crippen LogP contribution in [0.3, 0.4) is 0 Å². The zero-order valence-electron chi connectivity index (χ0n) is 18.8. The van der Waals surface area contributed by atoms with Gasteiger partial charge < -0.3 is 9.47 Å². The van der Waals surface area contributed by atoms with Gasteiger partial charge in [-0.1, -0.05) is 36.4 Å². The van der Waals surface area contributed by atoms with Crippen molar-refractivity contribution in [1.29, 1.82) is 0 Å². The number of carbonyl (C=O) groups excluding carboxylic acids is 1. The third-order valence-electron chi connectivity index (χ3n) is 8.79. The van der Waals surface area contributed by atoms with Crippen LogP contribution in [-0.2, 0) is 27.8 Å². The van der Waals surface area contributed by atoms with Gasteiger partial charge in [0.25, 0.3) is 0 Å². The highest BCUT2D eigenvalue weighted by atomic mass is 18.2. The van der Waals surface area contributed by atoms with Gasteiger partial charge >= 0.3 is 0 Å². The number of nitrogens with zero attached hydrogens (tertiary/aromatic N) is 1. The van der Waals surface area contributed by atoms with Crippen molar-refractivity contribution in [3.8, 4) is 5.75 Å². The molecule has 2 fully saturated rings. The summed E-state index contributed by atoms with van der Waals surface area (Å²) in [7, 11) is 0. The van der Waals surface area contributed by atoms with Gasteiger partial charge in [0, 0.05) is 44.0 Å². The molecule has 4 atom stereocenters. The van der Waals surface area contributed by atoms with Gasteiger partial charge in [-0.3, -0.25) is 9.69 Å². The number of halogens is 1. The second kappa shape index (κ2) is 6.88. The first-order valence-corrected chi connectivity index (χ1v) is 11.9. The third kappa shape index (κ3) is 2.36.